The van der Waals surface area contributed by atoms with Gasteiger partial charge in [0, 0.05) is 5.41 Å². The largest absolute Gasteiger partial charge is 0.485 e. The fraction of sp³-hybridized carbons (Fsp3) is 0.636. The number of aryl methyl sites for hydroxylation is 1. The average molecular weight is 342 g/mol. The van der Waals surface area contributed by atoms with Crippen LogP contribution in [-0.4, -0.2) is 28.5 Å². The minimum absolute atomic E-state index is 0.00368. The molecule has 1 saturated carbocycles. The summed E-state index contributed by atoms with van der Waals surface area (Å²) in [7, 11) is 0. The van der Waals surface area contributed by atoms with Gasteiger partial charge in [0.15, 0.2) is 0 Å². The molecule has 0 saturated heterocycles. The Kier molecular flexibility index (Phi) is 4.01. The lowest BCUT2D eigenvalue weighted by atomic mass is 9.55. The normalized spacial score (nSPS) is 36.5. The molecule has 0 amide bonds. The monoisotopic (exact) mass is 342 g/mol. The van der Waals surface area contributed by atoms with Gasteiger partial charge in [0.05, 0.1) is 12.7 Å². The maximum atomic E-state index is 10.4. The molecule has 3 aliphatic rings. The van der Waals surface area contributed by atoms with Gasteiger partial charge in [-0.05, 0) is 80.5 Å². The van der Waals surface area contributed by atoms with E-state index in [0.717, 1.165) is 25.0 Å². The van der Waals surface area contributed by atoms with E-state index in [4.69, 9.17) is 4.74 Å². The van der Waals surface area contributed by atoms with Crippen LogP contribution in [0.15, 0.2) is 30.4 Å². The standard InChI is InChI=1S/C22H30O3/c1-21(2,13-23)25-15-5-7-16-14(12-15)4-6-18-17(16)10-11-22(3)19(18)8-9-20(22)24/h5,7-9,12,17-20,23-24H,4,6,10-11,13H2,1-3H3/t17?,18?,19?,20-,22-/m0/s1. The summed E-state index contributed by atoms with van der Waals surface area (Å²) < 4.78 is 5.96. The fourth-order valence-corrected chi connectivity index (χ4v) is 5.40. The molecular formula is C22H30O3. The number of hydrogen-bond donors (Lipinski definition) is 2. The van der Waals surface area contributed by atoms with E-state index in [9.17, 15) is 10.2 Å². The zero-order valence-electron chi connectivity index (χ0n) is 15.5. The van der Waals surface area contributed by atoms with E-state index in [-0.39, 0.29) is 18.1 Å². The summed E-state index contributed by atoms with van der Waals surface area (Å²) in [6.45, 7) is 6.08. The maximum absolute atomic E-state index is 10.4. The second-order valence-corrected chi connectivity index (χ2v) is 9.09. The number of aliphatic hydroxyl groups excluding tert-OH is 2. The predicted octanol–water partition coefficient (Wildman–Crippen LogP) is 3.83. The first kappa shape index (κ1) is 17.1. The predicted molar refractivity (Wildman–Crippen MR) is 98.8 cm³/mol. The maximum Gasteiger partial charge on any atom is 0.126 e. The molecule has 0 radical (unpaired) electrons. The van der Waals surface area contributed by atoms with Crippen molar-refractivity contribution in [1.29, 1.82) is 0 Å². The summed E-state index contributed by atoms with van der Waals surface area (Å²) >= 11 is 0. The van der Waals surface area contributed by atoms with Crippen LogP contribution < -0.4 is 4.74 Å². The number of allylic oxidation sites excluding steroid dienone is 1. The van der Waals surface area contributed by atoms with Crippen LogP contribution in [0.4, 0.5) is 0 Å². The molecule has 3 nitrogen and oxygen atoms in total. The van der Waals surface area contributed by atoms with E-state index in [1.807, 2.05) is 19.9 Å². The van der Waals surface area contributed by atoms with Crippen LogP contribution in [0.2, 0.25) is 0 Å². The summed E-state index contributed by atoms with van der Waals surface area (Å²) in [5.41, 5.74) is 2.36. The lowest BCUT2D eigenvalue weighted by molar-refractivity contribution is -0.0102. The summed E-state index contributed by atoms with van der Waals surface area (Å²) in [6.07, 6.45) is 8.53. The van der Waals surface area contributed by atoms with Gasteiger partial charge in [0.1, 0.15) is 11.4 Å². The van der Waals surface area contributed by atoms with Gasteiger partial charge in [-0.1, -0.05) is 25.1 Å². The molecule has 1 fully saturated rings. The van der Waals surface area contributed by atoms with Gasteiger partial charge in [0.25, 0.3) is 0 Å². The molecule has 0 heterocycles. The van der Waals surface area contributed by atoms with Gasteiger partial charge in [-0.3, -0.25) is 0 Å². The van der Waals surface area contributed by atoms with Crippen LogP contribution in [0.25, 0.3) is 0 Å². The van der Waals surface area contributed by atoms with E-state index >= 15 is 0 Å². The first-order chi connectivity index (χ1) is 11.8. The highest BCUT2D eigenvalue weighted by atomic mass is 16.5. The molecule has 0 aliphatic heterocycles. The van der Waals surface area contributed by atoms with Crippen molar-refractivity contribution in [3.63, 3.8) is 0 Å². The van der Waals surface area contributed by atoms with Crippen molar-refractivity contribution in [3.05, 3.63) is 41.5 Å². The first-order valence-electron chi connectivity index (χ1n) is 9.63. The van der Waals surface area contributed by atoms with Crippen molar-refractivity contribution in [2.75, 3.05) is 6.61 Å². The molecule has 5 atom stereocenters. The highest BCUT2D eigenvalue weighted by Gasteiger charge is 2.52. The second kappa shape index (κ2) is 5.85. The quantitative estimate of drug-likeness (QED) is 0.821. The Morgan fingerprint density at radius 2 is 2.04 bits per heavy atom. The molecule has 3 heteroatoms. The molecule has 3 aliphatic carbocycles. The molecule has 2 N–H and O–H groups in total. The minimum Gasteiger partial charge on any atom is -0.485 e. The van der Waals surface area contributed by atoms with E-state index in [2.05, 4.69) is 31.2 Å². The van der Waals surface area contributed by atoms with Gasteiger partial charge >= 0.3 is 0 Å². The fourth-order valence-electron chi connectivity index (χ4n) is 5.40. The number of benzene rings is 1. The lowest BCUT2D eigenvalue weighted by Crippen LogP contribution is -2.44. The average Bonchev–Trinajstić information content (AvgIpc) is 2.89. The van der Waals surface area contributed by atoms with Gasteiger partial charge < -0.3 is 14.9 Å². The van der Waals surface area contributed by atoms with Gasteiger partial charge in [-0.15, -0.1) is 0 Å². The molecule has 1 aromatic carbocycles. The number of rotatable bonds is 3. The molecule has 136 valence electrons. The molecule has 0 aromatic heterocycles. The molecule has 3 unspecified atom stereocenters. The molecule has 0 spiro atoms. The third-order valence-corrected chi connectivity index (χ3v) is 6.95. The van der Waals surface area contributed by atoms with Crippen LogP contribution in [-0.2, 0) is 6.42 Å². The summed E-state index contributed by atoms with van der Waals surface area (Å²) in [6, 6.07) is 6.48. The Morgan fingerprint density at radius 3 is 2.80 bits per heavy atom. The second-order valence-electron chi connectivity index (χ2n) is 9.09. The van der Waals surface area contributed by atoms with Crippen molar-refractivity contribution in [2.24, 2.45) is 17.3 Å². The van der Waals surface area contributed by atoms with Crippen LogP contribution in [0.5, 0.6) is 5.75 Å². The van der Waals surface area contributed by atoms with Gasteiger partial charge in [-0.2, -0.15) is 0 Å². The van der Waals surface area contributed by atoms with Crippen molar-refractivity contribution < 1.29 is 14.9 Å². The van der Waals surface area contributed by atoms with Crippen LogP contribution >= 0.6 is 0 Å². The molecular weight excluding hydrogens is 312 g/mol. The zero-order chi connectivity index (χ0) is 17.8. The summed E-state index contributed by atoms with van der Waals surface area (Å²) in [5, 5.41) is 19.8. The number of fused-ring (bicyclic) bond motifs is 5. The topological polar surface area (TPSA) is 49.7 Å². The molecule has 0 bridgehead atoms. The van der Waals surface area contributed by atoms with E-state index in [1.54, 1.807) is 0 Å². The Labute approximate surface area is 150 Å². The minimum atomic E-state index is -0.553. The third kappa shape index (κ3) is 2.72. The zero-order valence-corrected chi connectivity index (χ0v) is 15.5. The smallest absolute Gasteiger partial charge is 0.126 e. The highest BCUT2D eigenvalue weighted by Crippen LogP contribution is 2.58. The van der Waals surface area contributed by atoms with Gasteiger partial charge in [0.2, 0.25) is 0 Å². The number of aliphatic hydroxyl groups is 2. The van der Waals surface area contributed by atoms with E-state index in [0.29, 0.717) is 17.8 Å². The SMILES string of the molecule is CC(C)(CO)Oc1ccc2c(c1)CCC1C2CC[C@@]2(C)C1C=C[C@@H]2O. The van der Waals surface area contributed by atoms with E-state index in [1.165, 1.54) is 17.5 Å². The third-order valence-electron chi connectivity index (χ3n) is 6.95. The Hall–Kier alpha value is -1.32. The number of hydrogen-bond acceptors (Lipinski definition) is 3. The van der Waals surface area contributed by atoms with Crippen LogP contribution in [0.3, 0.4) is 0 Å². The van der Waals surface area contributed by atoms with Crippen molar-refractivity contribution in [2.45, 2.75) is 64.1 Å². The summed E-state index contributed by atoms with van der Waals surface area (Å²) in [5.74, 6) is 2.59. The van der Waals surface area contributed by atoms with Crippen LogP contribution in [0.1, 0.15) is 57.1 Å². The molecule has 4 rings (SSSR count). The highest BCUT2D eigenvalue weighted by molar-refractivity contribution is 5.41. The lowest BCUT2D eigenvalue weighted by Gasteiger charge is -2.50. The van der Waals surface area contributed by atoms with Crippen molar-refractivity contribution >= 4 is 0 Å². The van der Waals surface area contributed by atoms with Crippen LogP contribution in [0, 0.1) is 17.3 Å². The molecule has 1 aromatic rings. The Morgan fingerprint density at radius 1 is 1.24 bits per heavy atom. The van der Waals surface area contributed by atoms with Crippen molar-refractivity contribution in [1.82, 2.24) is 0 Å². The Bertz CT molecular complexity index is 693. The van der Waals surface area contributed by atoms with Gasteiger partial charge in [-0.25, -0.2) is 0 Å². The number of ether oxygens (including phenoxy) is 1. The Balaban J connectivity index is 1.60. The van der Waals surface area contributed by atoms with Crippen molar-refractivity contribution in [3.8, 4) is 5.75 Å². The molecule has 25 heavy (non-hydrogen) atoms. The summed E-state index contributed by atoms with van der Waals surface area (Å²) in [4.78, 5) is 0. The first-order valence-corrected chi connectivity index (χ1v) is 9.63. The van der Waals surface area contributed by atoms with E-state index < -0.39 is 5.60 Å².